The molecule has 0 unspecified atom stereocenters. The maximum Gasteiger partial charge on any atom is 0.322 e. The lowest BCUT2D eigenvalue weighted by Gasteiger charge is -2.17. The smallest absolute Gasteiger partial charge is 0.322 e. The van der Waals surface area contributed by atoms with Crippen LogP contribution in [0.4, 0.5) is 0 Å². The summed E-state index contributed by atoms with van der Waals surface area (Å²) >= 11 is 7.34. The van der Waals surface area contributed by atoms with E-state index >= 15 is 0 Å². The first-order valence-corrected chi connectivity index (χ1v) is 11.7. The SMILES string of the molecule is CC(C)[C@H](NS(=O)(=O)c1ccc2c(c1)oc1ccc(-c3ncc(Cl)s3)cc12)C(=O)O. The lowest BCUT2D eigenvalue weighted by molar-refractivity contribution is -0.140. The number of sulfonamides is 1. The van der Waals surface area contributed by atoms with Gasteiger partial charge in [0, 0.05) is 22.4 Å². The molecule has 0 aliphatic heterocycles. The van der Waals surface area contributed by atoms with E-state index in [1.807, 2.05) is 12.1 Å². The zero-order valence-corrected chi connectivity index (χ0v) is 18.3. The highest BCUT2D eigenvalue weighted by atomic mass is 35.5. The topological polar surface area (TPSA) is 110 Å². The molecule has 0 radical (unpaired) electrons. The molecule has 7 nitrogen and oxygen atoms in total. The number of aliphatic carboxylic acids is 1. The summed E-state index contributed by atoms with van der Waals surface area (Å²) in [5, 5.41) is 11.6. The zero-order chi connectivity index (χ0) is 21.6. The zero-order valence-electron chi connectivity index (χ0n) is 15.9. The second kappa shape index (κ2) is 7.66. The van der Waals surface area contributed by atoms with E-state index in [0.29, 0.717) is 15.5 Å². The van der Waals surface area contributed by atoms with Crippen molar-refractivity contribution in [3.8, 4) is 10.6 Å². The van der Waals surface area contributed by atoms with Crippen molar-refractivity contribution in [1.82, 2.24) is 9.71 Å². The molecule has 0 fully saturated rings. The van der Waals surface area contributed by atoms with Gasteiger partial charge in [-0.05, 0) is 36.2 Å². The molecule has 2 aromatic carbocycles. The number of fused-ring (bicyclic) bond motifs is 3. The Balaban J connectivity index is 1.76. The minimum atomic E-state index is -4.04. The fourth-order valence-electron chi connectivity index (χ4n) is 3.15. The van der Waals surface area contributed by atoms with Crippen LogP contribution in [0.15, 0.2) is 51.9 Å². The van der Waals surface area contributed by atoms with Gasteiger partial charge in [-0.1, -0.05) is 25.4 Å². The molecular weight excluding hydrogens is 448 g/mol. The van der Waals surface area contributed by atoms with Gasteiger partial charge < -0.3 is 9.52 Å². The largest absolute Gasteiger partial charge is 0.480 e. The minimum Gasteiger partial charge on any atom is -0.480 e. The maximum absolute atomic E-state index is 12.7. The van der Waals surface area contributed by atoms with E-state index in [1.54, 1.807) is 32.2 Å². The molecule has 10 heteroatoms. The van der Waals surface area contributed by atoms with Crippen molar-refractivity contribution >= 4 is 60.9 Å². The third kappa shape index (κ3) is 3.81. The standard InChI is InChI=1S/C20H17ClN2O5S2/c1-10(2)18(20(24)25)23-30(26,27)12-4-5-13-14-7-11(19-22-9-17(21)29-19)3-6-15(14)28-16(13)8-12/h3-10,18,23H,1-2H3,(H,24,25)/t18-/m0/s1. The molecule has 4 rings (SSSR count). The van der Waals surface area contributed by atoms with Crippen LogP contribution in [0.3, 0.4) is 0 Å². The van der Waals surface area contributed by atoms with Crippen molar-refractivity contribution in [3.63, 3.8) is 0 Å². The summed E-state index contributed by atoms with van der Waals surface area (Å²) in [4.78, 5) is 15.6. The minimum absolute atomic E-state index is 0.0621. The molecule has 0 amide bonds. The Morgan fingerprint density at radius 2 is 1.93 bits per heavy atom. The predicted octanol–water partition coefficient (Wildman–Crippen LogP) is 4.75. The molecule has 2 heterocycles. The summed E-state index contributed by atoms with van der Waals surface area (Å²) in [6.07, 6.45) is 1.59. The second-order valence-electron chi connectivity index (χ2n) is 7.12. The van der Waals surface area contributed by atoms with Gasteiger partial charge in [-0.25, -0.2) is 13.4 Å². The number of nitrogens with one attached hydrogen (secondary N) is 1. The molecule has 0 bridgehead atoms. The molecule has 1 atom stereocenters. The lowest BCUT2D eigenvalue weighted by Crippen LogP contribution is -2.44. The van der Waals surface area contributed by atoms with Gasteiger partial charge in [0.05, 0.1) is 11.1 Å². The number of rotatable bonds is 6. The number of hydrogen-bond donors (Lipinski definition) is 2. The maximum atomic E-state index is 12.7. The summed E-state index contributed by atoms with van der Waals surface area (Å²) < 4.78 is 34.1. The van der Waals surface area contributed by atoms with E-state index < -0.39 is 28.0 Å². The number of carboxylic acids is 1. The number of benzene rings is 2. The van der Waals surface area contributed by atoms with Crippen LogP contribution in [0.1, 0.15) is 13.8 Å². The first-order chi connectivity index (χ1) is 14.2. The highest BCUT2D eigenvalue weighted by Gasteiger charge is 2.28. The second-order valence-corrected chi connectivity index (χ2v) is 10.5. The fourth-order valence-corrected chi connectivity index (χ4v) is 5.41. The molecule has 156 valence electrons. The van der Waals surface area contributed by atoms with Crippen LogP contribution in [-0.2, 0) is 14.8 Å². The molecule has 0 spiro atoms. The third-order valence-electron chi connectivity index (χ3n) is 4.69. The summed E-state index contributed by atoms with van der Waals surface area (Å²) in [6.45, 7) is 3.27. The molecule has 2 N–H and O–H groups in total. The Morgan fingerprint density at radius 3 is 2.57 bits per heavy atom. The molecular formula is C20H17ClN2O5S2. The van der Waals surface area contributed by atoms with Gasteiger partial charge in [0.25, 0.3) is 0 Å². The molecule has 30 heavy (non-hydrogen) atoms. The first-order valence-electron chi connectivity index (χ1n) is 8.99. The average Bonchev–Trinajstić information content (AvgIpc) is 3.28. The Morgan fingerprint density at radius 1 is 1.17 bits per heavy atom. The number of nitrogens with zero attached hydrogens (tertiary/aromatic N) is 1. The van der Waals surface area contributed by atoms with Crippen LogP contribution in [0.2, 0.25) is 4.34 Å². The van der Waals surface area contributed by atoms with Gasteiger partial charge in [0.15, 0.2) is 0 Å². The summed E-state index contributed by atoms with van der Waals surface area (Å²) in [5.41, 5.74) is 1.87. The van der Waals surface area contributed by atoms with Crippen molar-refractivity contribution in [1.29, 1.82) is 0 Å². The number of carboxylic acid groups (broad SMARTS) is 1. The Kier molecular flexibility index (Phi) is 5.31. The van der Waals surface area contributed by atoms with Crippen LogP contribution < -0.4 is 4.72 Å². The summed E-state index contributed by atoms with van der Waals surface area (Å²) in [7, 11) is -4.04. The highest BCUT2D eigenvalue weighted by Crippen LogP contribution is 2.35. The van der Waals surface area contributed by atoms with Gasteiger partial charge >= 0.3 is 5.97 Å². The Labute approximate surface area is 181 Å². The van der Waals surface area contributed by atoms with Crippen molar-refractivity contribution in [2.24, 2.45) is 5.92 Å². The molecule has 0 aliphatic carbocycles. The van der Waals surface area contributed by atoms with E-state index in [4.69, 9.17) is 16.0 Å². The van der Waals surface area contributed by atoms with Crippen molar-refractivity contribution in [2.75, 3.05) is 0 Å². The van der Waals surface area contributed by atoms with E-state index in [2.05, 4.69) is 9.71 Å². The average molecular weight is 465 g/mol. The summed E-state index contributed by atoms with van der Waals surface area (Å²) in [6, 6.07) is 8.84. The number of hydrogen-bond acceptors (Lipinski definition) is 6. The van der Waals surface area contributed by atoms with E-state index in [-0.39, 0.29) is 4.90 Å². The molecule has 2 aromatic heterocycles. The normalized spacial score (nSPS) is 13.3. The number of furan rings is 1. The van der Waals surface area contributed by atoms with Gasteiger partial charge in [-0.3, -0.25) is 4.79 Å². The van der Waals surface area contributed by atoms with Gasteiger partial charge in [0.2, 0.25) is 10.0 Å². The molecule has 4 aromatic rings. The van der Waals surface area contributed by atoms with Gasteiger partial charge in [0.1, 0.15) is 26.6 Å². The van der Waals surface area contributed by atoms with Crippen LogP contribution in [-0.4, -0.2) is 30.5 Å². The third-order valence-corrected chi connectivity index (χ3v) is 7.29. The quantitative estimate of drug-likeness (QED) is 0.426. The van der Waals surface area contributed by atoms with E-state index in [0.717, 1.165) is 21.3 Å². The molecule has 0 saturated heterocycles. The Hall–Kier alpha value is -2.46. The lowest BCUT2D eigenvalue weighted by atomic mass is 10.1. The van der Waals surface area contributed by atoms with Crippen molar-refractivity contribution in [3.05, 3.63) is 46.9 Å². The van der Waals surface area contributed by atoms with Crippen molar-refractivity contribution in [2.45, 2.75) is 24.8 Å². The van der Waals surface area contributed by atoms with Crippen LogP contribution in [0, 0.1) is 5.92 Å². The van der Waals surface area contributed by atoms with Crippen LogP contribution >= 0.6 is 22.9 Å². The number of thiazole rings is 1. The fraction of sp³-hybridized carbons (Fsp3) is 0.200. The highest BCUT2D eigenvalue weighted by molar-refractivity contribution is 7.89. The van der Waals surface area contributed by atoms with Crippen LogP contribution in [0.5, 0.6) is 0 Å². The molecule has 0 aliphatic rings. The van der Waals surface area contributed by atoms with E-state index in [9.17, 15) is 18.3 Å². The number of carbonyl (C=O) groups is 1. The molecule has 0 saturated carbocycles. The first kappa shape index (κ1) is 20.8. The Bertz CT molecular complexity index is 1370. The van der Waals surface area contributed by atoms with Gasteiger partial charge in [-0.15, -0.1) is 11.3 Å². The van der Waals surface area contributed by atoms with Crippen LogP contribution in [0.25, 0.3) is 32.5 Å². The monoisotopic (exact) mass is 464 g/mol. The van der Waals surface area contributed by atoms with E-state index in [1.165, 1.54) is 23.5 Å². The number of halogens is 1. The predicted molar refractivity (Wildman–Crippen MR) is 116 cm³/mol. The number of aromatic nitrogens is 1. The summed E-state index contributed by atoms with van der Waals surface area (Å²) in [5.74, 6) is -1.64. The van der Waals surface area contributed by atoms with Gasteiger partial charge in [-0.2, -0.15) is 4.72 Å². The van der Waals surface area contributed by atoms with Crippen molar-refractivity contribution < 1.29 is 22.7 Å².